The average molecular weight is 291 g/mol. The minimum absolute atomic E-state index is 0.200. The Kier molecular flexibility index (Phi) is 4.75. The van der Waals surface area contributed by atoms with Crippen LogP contribution in [0.1, 0.15) is 24.9 Å². The van der Waals surface area contributed by atoms with E-state index in [-0.39, 0.29) is 6.04 Å². The summed E-state index contributed by atoms with van der Waals surface area (Å²) >= 11 is -2.26. The highest BCUT2D eigenvalue weighted by molar-refractivity contribution is 7.77. The third kappa shape index (κ3) is 3.00. The van der Waals surface area contributed by atoms with Crippen LogP contribution in [-0.2, 0) is 11.3 Å². The molecule has 5 heteroatoms. The lowest BCUT2D eigenvalue weighted by molar-refractivity contribution is 0.502. The molecule has 108 valence electrons. The molecule has 0 amide bonds. The highest BCUT2D eigenvalue weighted by Crippen LogP contribution is 2.31. The van der Waals surface area contributed by atoms with Gasteiger partial charge in [-0.3, -0.25) is 4.21 Å². The number of hydrogen-bond donors (Lipinski definition) is 1. The van der Waals surface area contributed by atoms with Gasteiger partial charge in [0, 0.05) is 42.5 Å². The fourth-order valence-electron chi connectivity index (χ4n) is 2.49. The van der Waals surface area contributed by atoms with Gasteiger partial charge in [0.05, 0.1) is 0 Å². The van der Waals surface area contributed by atoms with E-state index < -0.39 is 11.3 Å². The van der Waals surface area contributed by atoms with Crippen LogP contribution in [0.2, 0.25) is 0 Å². The van der Waals surface area contributed by atoms with Gasteiger partial charge in [0.15, 0.2) is 0 Å². The average Bonchev–Trinajstić information content (AvgIpc) is 2.43. The Morgan fingerprint density at radius 1 is 1.20 bits per heavy atom. The minimum atomic E-state index is -2.26. The van der Waals surface area contributed by atoms with Crippen LogP contribution < -0.4 is 9.62 Å². The van der Waals surface area contributed by atoms with Gasteiger partial charge in [-0.05, 0) is 23.4 Å². The molecule has 2 aromatic carbocycles. The molecule has 0 aliphatic heterocycles. The van der Waals surface area contributed by atoms with Crippen molar-refractivity contribution in [3.05, 3.63) is 42.0 Å². The Morgan fingerprint density at radius 3 is 2.45 bits per heavy atom. The van der Waals surface area contributed by atoms with Gasteiger partial charge in [-0.2, -0.15) is 0 Å². The van der Waals surface area contributed by atoms with Crippen molar-refractivity contribution in [3.8, 4) is 0 Å². The minimum Gasteiger partial charge on any atom is -0.760 e. The number of hydrogen-bond acceptors (Lipinski definition) is 3. The Labute approximate surface area is 122 Å². The van der Waals surface area contributed by atoms with Gasteiger partial charge in [0.25, 0.3) is 0 Å². The highest BCUT2D eigenvalue weighted by Gasteiger charge is 2.13. The Hall–Kier alpha value is -1.43. The molecule has 0 saturated carbocycles. The molecule has 20 heavy (non-hydrogen) atoms. The number of rotatable bonds is 5. The summed E-state index contributed by atoms with van der Waals surface area (Å²) in [6.45, 7) is 1.97. The predicted molar refractivity (Wildman–Crippen MR) is 83.4 cm³/mol. The normalized spacial score (nSPS) is 14.2. The fraction of sp³-hybridized carbons (Fsp3) is 0.333. The largest absolute Gasteiger partial charge is 0.760 e. The van der Waals surface area contributed by atoms with Crippen LogP contribution in [0.5, 0.6) is 0 Å². The van der Waals surface area contributed by atoms with E-state index in [1.54, 1.807) is 0 Å². The lowest BCUT2D eigenvalue weighted by Crippen LogP contribution is -2.23. The first-order chi connectivity index (χ1) is 9.54. The standard InChI is InChI=1S/C15H20N2O2S/c1-4-14(16-20(18)19)12-8-5-9-13-11(12)7-6-10-15(13)17(2)3/h5-10,14,16H,4H2,1-3H3,(H,18,19)/p-1. The fourth-order valence-corrected chi connectivity index (χ4v) is 3.02. The second kappa shape index (κ2) is 6.35. The zero-order chi connectivity index (χ0) is 14.7. The van der Waals surface area contributed by atoms with Crippen LogP contribution in [0, 0.1) is 0 Å². The summed E-state index contributed by atoms with van der Waals surface area (Å²) in [4.78, 5) is 2.06. The predicted octanol–water partition coefficient (Wildman–Crippen LogP) is 2.74. The Balaban J connectivity index is 2.59. The molecular formula is C15H19N2O2S-. The van der Waals surface area contributed by atoms with Crippen LogP contribution >= 0.6 is 0 Å². The van der Waals surface area contributed by atoms with Crippen LogP contribution in [-0.4, -0.2) is 22.9 Å². The van der Waals surface area contributed by atoms with Crippen molar-refractivity contribution in [1.82, 2.24) is 4.72 Å². The topological polar surface area (TPSA) is 55.4 Å². The second-order valence-corrected chi connectivity index (χ2v) is 5.63. The molecule has 0 heterocycles. The van der Waals surface area contributed by atoms with Crippen LogP contribution in [0.15, 0.2) is 36.4 Å². The molecule has 2 aromatic rings. The van der Waals surface area contributed by atoms with Gasteiger partial charge >= 0.3 is 0 Å². The van der Waals surface area contributed by atoms with Gasteiger partial charge in [0.1, 0.15) is 0 Å². The van der Waals surface area contributed by atoms with Crippen molar-refractivity contribution in [3.63, 3.8) is 0 Å². The zero-order valence-electron chi connectivity index (χ0n) is 11.9. The summed E-state index contributed by atoms with van der Waals surface area (Å²) in [5, 5.41) is 2.22. The quantitative estimate of drug-likeness (QED) is 0.862. The number of anilines is 1. The van der Waals surface area contributed by atoms with Crippen molar-refractivity contribution >= 4 is 27.7 Å². The first-order valence-electron chi connectivity index (χ1n) is 6.59. The first kappa shape index (κ1) is 15.0. The summed E-state index contributed by atoms with van der Waals surface area (Å²) in [5.74, 6) is 0. The molecule has 0 saturated heterocycles. The van der Waals surface area contributed by atoms with Gasteiger partial charge in [0.2, 0.25) is 0 Å². The Bertz CT molecular complexity index is 628. The molecule has 0 radical (unpaired) electrons. The van der Waals surface area contributed by atoms with E-state index in [0.29, 0.717) is 6.42 Å². The summed E-state index contributed by atoms with van der Waals surface area (Å²) in [6, 6.07) is 11.9. The SMILES string of the molecule is CCC(NS(=O)[O-])c1cccc2c(N(C)C)cccc12. The molecule has 2 atom stereocenters. The smallest absolute Gasteiger partial charge is 0.0440 e. The maximum atomic E-state index is 10.9. The van der Waals surface area contributed by atoms with E-state index in [1.807, 2.05) is 45.3 Å². The third-order valence-electron chi connectivity index (χ3n) is 3.44. The summed E-state index contributed by atoms with van der Waals surface area (Å²) < 4.78 is 24.5. The van der Waals surface area contributed by atoms with Crippen molar-refractivity contribution in [1.29, 1.82) is 0 Å². The van der Waals surface area contributed by atoms with Gasteiger partial charge < -0.3 is 9.45 Å². The summed E-state index contributed by atoms with van der Waals surface area (Å²) in [5.41, 5.74) is 2.14. The molecule has 0 aliphatic rings. The first-order valence-corrected chi connectivity index (χ1v) is 7.66. The lowest BCUT2D eigenvalue weighted by atomic mass is 9.97. The van der Waals surface area contributed by atoms with Crippen molar-refractivity contribution in [2.75, 3.05) is 19.0 Å². The molecule has 1 N–H and O–H groups in total. The highest BCUT2D eigenvalue weighted by atomic mass is 32.2. The molecule has 2 unspecified atom stereocenters. The molecule has 4 nitrogen and oxygen atoms in total. The maximum Gasteiger partial charge on any atom is 0.0440 e. The van der Waals surface area contributed by atoms with Gasteiger partial charge in [-0.25, -0.2) is 4.72 Å². The summed E-state index contributed by atoms with van der Waals surface area (Å²) in [7, 11) is 4.01. The number of nitrogens with one attached hydrogen (secondary N) is 1. The molecule has 2 rings (SSSR count). The van der Waals surface area contributed by atoms with Crippen molar-refractivity contribution in [2.45, 2.75) is 19.4 Å². The lowest BCUT2D eigenvalue weighted by Gasteiger charge is -2.22. The molecule has 0 aliphatic carbocycles. The molecule has 0 aromatic heterocycles. The maximum absolute atomic E-state index is 10.9. The van der Waals surface area contributed by atoms with Crippen LogP contribution in [0.4, 0.5) is 5.69 Å². The van der Waals surface area contributed by atoms with Crippen LogP contribution in [0.25, 0.3) is 10.8 Å². The molecule has 0 bridgehead atoms. The van der Waals surface area contributed by atoms with E-state index in [1.165, 1.54) is 0 Å². The van der Waals surface area contributed by atoms with Gasteiger partial charge in [-0.15, -0.1) is 0 Å². The van der Waals surface area contributed by atoms with E-state index >= 15 is 0 Å². The molecule has 0 fully saturated rings. The van der Waals surface area contributed by atoms with Crippen LogP contribution in [0.3, 0.4) is 0 Å². The monoisotopic (exact) mass is 291 g/mol. The zero-order valence-corrected chi connectivity index (χ0v) is 12.7. The van der Waals surface area contributed by atoms with E-state index in [9.17, 15) is 8.76 Å². The number of fused-ring (bicyclic) bond motifs is 1. The van der Waals surface area contributed by atoms with Crippen molar-refractivity contribution in [2.24, 2.45) is 0 Å². The van der Waals surface area contributed by atoms with Crippen molar-refractivity contribution < 1.29 is 8.76 Å². The second-order valence-electron chi connectivity index (χ2n) is 4.93. The molecule has 0 spiro atoms. The van der Waals surface area contributed by atoms with E-state index in [0.717, 1.165) is 22.0 Å². The van der Waals surface area contributed by atoms with E-state index in [2.05, 4.69) is 21.8 Å². The third-order valence-corrected chi connectivity index (χ3v) is 3.91. The number of benzene rings is 2. The van der Waals surface area contributed by atoms with E-state index in [4.69, 9.17) is 0 Å². The summed E-state index contributed by atoms with van der Waals surface area (Å²) in [6.07, 6.45) is 0.708. The Morgan fingerprint density at radius 2 is 1.85 bits per heavy atom. The van der Waals surface area contributed by atoms with Gasteiger partial charge in [-0.1, -0.05) is 37.3 Å². The molecular weight excluding hydrogens is 272 g/mol. The number of nitrogens with zero attached hydrogens (tertiary/aromatic N) is 1.